The highest BCUT2D eigenvalue weighted by Gasteiger charge is 1.96. The molecule has 0 unspecified atom stereocenters. The van der Waals surface area contributed by atoms with Crippen LogP contribution in [0.25, 0.3) is 12.2 Å². The fraction of sp³-hybridized carbons (Fsp3) is 0.0909. The van der Waals surface area contributed by atoms with Gasteiger partial charge < -0.3 is 5.73 Å². The van der Waals surface area contributed by atoms with E-state index in [-0.39, 0.29) is 5.95 Å². The zero-order valence-electron chi connectivity index (χ0n) is 15.5. The van der Waals surface area contributed by atoms with Crippen molar-refractivity contribution in [3.8, 4) is 0 Å². The van der Waals surface area contributed by atoms with Gasteiger partial charge in [-0.05, 0) is 30.9 Å². The lowest BCUT2D eigenvalue weighted by Gasteiger charge is -1.98. The van der Waals surface area contributed by atoms with E-state index in [0.29, 0.717) is 5.69 Å². The molecule has 1 aromatic heterocycles. The molecule has 0 aliphatic heterocycles. The van der Waals surface area contributed by atoms with Crippen LogP contribution in [0.3, 0.4) is 0 Å². The fourth-order valence-corrected chi connectivity index (χ4v) is 1.81. The van der Waals surface area contributed by atoms with Crippen LogP contribution in [0.5, 0.6) is 0 Å². The van der Waals surface area contributed by atoms with E-state index in [0.717, 1.165) is 10.5 Å². The Labute approximate surface area is 162 Å². The molecule has 136 valence electrons. The van der Waals surface area contributed by atoms with E-state index in [1.807, 2.05) is 0 Å². The molecule has 0 aliphatic rings. The molecular formula is C22H27N3S. The van der Waals surface area contributed by atoms with Crippen molar-refractivity contribution in [2.75, 3.05) is 5.73 Å². The average molecular weight is 366 g/mol. The maximum Gasteiger partial charge on any atom is 0.220 e. The quantitative estimate of drug-likeness (QED) is 0.530. The zero-order valence-corrected chi connectivity index (χ0v) is 16.4. The van der Waals surface area contributed by atoms with Crippen LogP contribution in [0.2, 0.25) is 0 Å². The van der Waals surface area contributed by atoms with E-state index < -0.39 is 0 Å². The number of hydrogen-bond donors (Lipinski definition) is 2. The lowest BCUT2D eigenvalue weighted by Crippen LogP contribution is -1.97. The molecule has 0 bridgehead atoms. The van der Waals surface area contributed by atoms with Gasteiger partial charge in [0.05, 0.1) is 5.69 Å². The highest BCUT2D eigenvalue weighted by Crippen LogP contribution is 2.08. The van der Waals surface area contributed by atoms with E-state index in [1.54, 1.807) is 36.6 Å². The standard InChI is InChI=1S/C8H9N3.C8H10.C6H8S/c1-3-6-5-10-8(9)11-7(6)4-2;1-7-4-3-5-8(2)6-7;1-3-4-5-6(2)7/h3-5H,1-2H2,(H2,9,10,11);3-6H,1-2H3;3-5,7H,1-2H2/b;;5-4-. The third-order valence-electron chi connectivity index (χ3n) is 2.88. The Balaban J connectivity index is 0.000000373. The van der Waals surface area contributed by atoms with E-state index in [2.05, 4.69) is 87.0 Å². The number of nitrogens with two attached hydrogens (primary N) is 1. The summed E-state index contributed by atoms with van der Waals surface area (Å²) in [5.41, 5.74) is 9.59. The van der Waals surface area contributed by atoms with Crippen LogP contribution in [0, 0.1) is 13.8 Å². The molecule has 4 heteroatoms. The lowest BCUT2D eigenvalue weighted by atomic mass is 10.2. The second kappa shape index (κ2) is 13.4. The van der Waals surface area contributed by atoms with E-state index in [4.69, 9.17) is 5.73 Å². The Kier molecular flexibility index (Phi) is 12.0. The van der Waals surface area contributed by atoms with E-state index >= 15 is 0 Å². The molecule has 0 saturated carbocycles. The van der Waals surface area contributed by atoms with Crippen molar-refractivity contribution < 1.29 is 0 Å². The number of nitrogen functional groups attached to an aromatic ring is 1. The predicted molar refractivity (Wildman–Crippen MR) is 120 cm³/mol. The molecule has 1 aromatic carbocycles. The van der Waals surface area contributed by atoms with Crippen molar-refractivity contribution in [1.82, 2.24) is 9.97 Å². The number of nitrogens with zero attached hydrogens (tertiary/aromatic N) is 2. The van der Waals surface area contributed by atoms with Crippen LogP contribution in [0.15, 0.2) is 79.9 Å². The number of benzene rings is 1. The highest BCUT2D eigenvalue weighted by molar-refractivity contribution is 7.84. The lowest BCUT2D eigenvalue weighted by molar-refractivity contribution is 1.16. The van der Waals surface area contributed by atoms with Gasteiger partial charge in [0, 0.05) is 11.8 Å². The first-order chi connectivity index (χ1) is 12.3. The Morgan fingerprint density at radius 2 is 1.73 bits per heavy atom. The van der Waals surface area contributed by atoms with Crippen molar-refractivity contribution >= 4 is 30.7 Å². The van der Waals surface area contributed by atoms with Gasteiger partial charge in [0.2, 0.25) is 5.95 Å². The zero-order chi connectivity index (χ0) is 19.9. The maximum atomic E-state index is 5.35. The van der Waals surface area contributed by atoms with Gasteiger partial charge in [-0.2, -0.15) is 0 Å². The smallest absolute Gasteiger partial charge is 0.220 e. The van der Waals surface area contributed by atoms with Gasteiger partial charge in [0.1, 0.15) is 0 Å². The number of anilines is 1. The Bertz CT molecular complexity index is 759. The van der Waals surface area contributed by atoms with Gasteiger partial charge in [0.15, 0.2) is 0 Å². The number of hydrogen-bond acceptors (Lipinski definition) is 4. The number of thiol groups is 1. The van der Waals surface area contributed by atoms with Gasteiger partial charge in [-0.25, -0.2) is 9.97 Å². The minimum absolute atomic E-state index is 0.255. The normalized spacial score (nSPS) is 9.19. The molecule has 0 radical (unpaired) electrons. The predicted octanol–water partition coefficient (Wildman–Crippen LogP) is 5.82. The van der Waals surface area contributed by atoms with Gasteiger partial charge in [-0.15, -0.1) is 12.6 Å². The summed E-state index contributed by atoms with van der Waals surface area (Å²) < 4.78 is 0. The molecule has 2 N–H and O–H groups in total. The second-order valence-corrected chi connectivity index (χ2v) is 5.80. The molecule has 0 amide bonds. The third-order valence-corrected chi connectivity index (χ3v) is 3.03. The Morgan fingerprint density at radius 1 is 1.12 bits per heavy atom. The largest absolute Gasteiger partial charge is 0.368 e. The molecule has 2 rings (SSSR count). The first-order valence-corrected chi connectivity index (χ1v) is 8.36. The Morgan fingerprint density at radius 3 is 2.08 bits per heavy atom. The first-order valence-electron chi connectivity index (χ1n) is 7.91. The fourth-order valence-electron chi connectivity index (χ4n) is 1.73. The molecule has 0 fully saturated rings. The maximum absolute atomic E-state index is 5.35. The minimum Gasteiger partial charge on any atom is -0.368 e. The van der Waals surface area contributed by atoms with Crippen molar-refractivity contribution in [1.29, 1.82) is 0 Å². The summed E-state index contributed by atoms with van der Waals surface area (Å²) in [7, 11) is 0. The number of aromatic nitrogens is 2. The minimum atomic E-state index is 0.255. The molecule has 0 saturated heterocycles. The van der Waals surface area contributed by atoms with Gasteiger partial charge in [-0.1, -0.05) is 79.9 Å². The van der Waals surface area contributed by atoms with Gasteiger partial charge in [0.25, 0.3) is 0 Å². The van der Waals surface area contributed by atoms with Crippen LogP contribution >= 0.6 is 12.6 Å². The molecule has 0 spiro atoms. The summed E-state index contributed by atoms with van der Waals surface area (Å²) in [6.45, 7) is 18.4. The topological polar surface area (TPSA) is 51.8 Å². The summed E-state index contributed by atoms with van der Waals surface area (Å²) in [5.74, 6) is 0.255. The van der Waals surface area contributed by atoms with Crippen molar-refractivity contribution in [3.05, 3.63) is 102 Å². The molecule has 26 heavy (non-hydrogen) atoms. The van der Waals surface area contributed by atoms with Crippen LogP contribution in [-0.2, 0) is 0 Å². The molecule has 3 nitrogen and oxygen atoms in total. The average Bonchev–Trinajstić information content (AvgIpc) is 2.60. The summed E-state index contributed by atoms with van der Waals surface area (Å²) in [4.78, 5) is 8.50. The summed E-state index contributed by atoms with van der Waals surface area (Å²) in [6.07, 6.45) is 10.1. The molecule has 0 atom stereocenters. The van der Waals surface area contributed by atoms with Crippen molar-refractivity contribution in [2.24, 2.45) is 0 Å². The van der Waals surface area contributed by atoms with E-state index in [9.17, 15) is 0 Å². The van der Waals surface area contributed by atoms with Gasteiger partial charge >= 0.3 is 0 Å². The number of rotatable bonds is 4. The third kappa shape index (κ3) is 10.8. The number of aryl methyl sites for hydroxylation is 2. The van der Waals surface area contributed by atoms with Crippen LogP contribution < -0.4 is 5.73 Å². The second-order valence-electron chi connectivity index (χ2n) is 5.22. The Hall–Kier alpha value is -2.85. The summed E-state index contributed by atoms with van der Waals surface area (Å²) in [5, 5.41) is 0. The molecule has 1 heterocycles. The molecular weight excluding hydrogens is 338 g/mol. The summed E-state index contributed by atoms with van der Waals surface area (Å²) >= 11 is 3.90. The highest BCUT2D eigenvalue weighted by atomic mass is 32.1. The first kappa shape index (κ1) is 23.2. The van der Waals surface area contributed by atoms with Gasteiger partial charge in [-0.3, -0.25) is 0 Å². The SMILES string of the molecule is C=C/C=C\C(=C)S.C=Cc1cnc(N)nc1C=C.Cc1cccc(C)c1. The van der Waals surface area contributed by atoms with Crippen LogP contribution in [0.1, 0.15) is 22.4 Å². The van der Waals surface area contributed by atoms with E-state index in [1.165, 1.54) is 11.1 Å². The van der Waals surface area contributed by atoms with Crippen LogP contribution in [-0.4, -0.2) is 9.97 Å². The molecule has 2 aromatic rings. The summed E-state index contributed by atoms with van der Waals surface area (Å²) in [6, 6.07) is 8.45. The monoisotopic (exact) mass is 365 g/mol. The van der Waals surface area contributed by atoms with Crippen molar-refractivity contribution in [2.45, 2.75) is 13.8 Å². The molecule has 0 aliphatic carbocycles. The van der Waals surface area contributed by atoms with Crippen molar-refractivity contribution in [3.63, 3.8) is 0 Å². The van der Waals surface area contributed by atoms with Crippen LogP contribution in [0.4, 0.5) is 5.95 Å². The number of allylic oxidation sites excluding steroid dienone is 3.